The van der Waals surface area contributed by atoms with Crippen LogP contribution < -0.4 is 0 Å². The number of benzene rings is 3. The van der Waals surface area contributed by atoms with E-state index in [0.717, 1.165) is 44.1 Å². The van der Waals surface area contributed by atoms with E-state index in [2.05, 4.69) is 41.5 Å². The molecule has 0 bridgehead atoms. The SMILES string of the molecule is CC1(C)C(O[C@@H]2O[C@H](C(=O)OCc3ccccc3)[C@@H](O)[C@H](O)[C@H]2O[C@@H]2O[C@H](C(=O)OCc3ccccc3)[C@@H](O)[C@H](O)[C@H]2O)CC[C@@]2(C)C1CC[C@]1(C)C2C(=O)C=C2C3C[C@@](C)(C(=O)OCc4ccccc4)CC[C@]3(C)CC[C@]21C. The van der Waals surface area contributed by atoms with Gasteiger partial charge in [-0.05, 0) is 126 Å². The summed E-state index contributed by atoms with van der Waals surface area (Å²) in [4.78, 5) is 56.7. The number of hydrogen-bond donors (Lipinski definition) is 5. The lowest BCUT2D eigenvalue weighted by molar-refractivity contribution is -0.372. The maximum atomic E-state index is 15.4. The van der Waals surface area contributed by atoms with Gasteiger partial charge < -0.3 is 58.7 Å². The Morgan fingerprint density at radius 1 is 0.570 bits per heavy atom. The molecule has 5 N–H and O–H groups in total. The van der Waals surface area contributed by atoms with E-state index in [1.165, 1.54) is 5.57 Å². The molecule has 7 aliphatic rings. The van der Waals surface area contributed by atoms with Crippen molar-refractivity contribution in [3.05, 3.63) is 119 Å². The quantitative estimate of drug-likeness (QED) is 0.0646. The predicted octanol–water partition coefficient (Wildman–Crippen LogP) is 7.22. The smallest absolute Gasteiger partial charge is 0.338 e. The van der Waals surface area contributed by atoms with Crippen LogP contribution in [0.15, 0.2) is 103 Å². The summed E-state index contributed by atoms with van der Waals surface area (Å²) in [5.74, 6) is -2.54. The third kappa shape index (κ3) is 10.2. The van der Waals surface area contributed by atoms with Gasteiger partial charge in [0.1, 0.15) is 56.4 Å². The molecular formula is C63H80O16. The monoisotopic (exact) mass is 1090 g/mol. The molecule has 79 heavy (non-hydrogen) atoms. The van der Waals surface area contributed by atoms with Gasteiger partial charge in [-0.25, -0.2) is 9.59 Å². The zero-order chi connectivity index (χ0) is 56.5. The number of hydrogen-bond acceptors (Lipinski definition) is 16. The molecule has 0 radical (unpaired) electrons. The number of carbonyl (C=O) groups excluding carboxylic acids is 4. The van der Waals surface area contributed by atoms with E-state index in [9.17, 15) is 39.9 Å². The van der Waals surface area contributed by atoms with Crippen molar-refractivity contribution < 1.29 is 77.9 Å². The van der Waals surface area contributed by atoms with Crippen molar-refractivity contribution in [3.63, 3.8) is 0 Å². The van der Waals surface area contributed by atoms with Crippen LogP contribution in [-0.4, -0.2) is 117 Å². The first kappa shape index (κ1) is 57.4. The molecule has 16 heteroatoms. The van der Waals surface area contributed by atoms with Crippen LogP contribution in [-0.2, 0) is 72.2 Å². The summed E-state index contributed by atoms with van der Waals surface area (Å²) >= 11 is 0. The average Bonchev–Trinajstić information content (AvgIpc) is 1.92. The molecule has 428 valence electrons. The summed E-state index contributed by atoms with van der Waals surface area (Å²) in [6, 6.07) is 27.4. The third-order valence-electron chi connectivity index (χ3n) is 20.8. The molecule has 6 fully saturated rings. The van der Waals surface area contributed by atoms with Gasteiger partial charge in [-0.2, -0.15) is 0 Å². The average molecular weight is 1090 g/mol. The van der Waals surface area contributed by atoms with Gasteiger partial charge in [-0.15, -0.1) is 0 Å². The topological polar surface area (TPSA) is 234 Å². The van der Waals surface area contributed by atoms with E-state index in [-0.39, 0.29) is 60.2 Å². The van der Waals surface area contributed by atoms with Gasteiger partial charge in [-0.3, -0.25) is 9.59 Å². The number of ether oxygens (including phenoxy) is 7. The van der Waals surface area contributed by atoms with E-state index in [1.54, 1.807) is 54.6 Å². The maximum absolute atomic E-state index is 15.4. The highest BCUT2D eigenvalue weighted by Gasteiger charge is 2.71. The standard InChI is InChI=1S/C63H80O16/c1-58(2)42-23-26-63(7)52(41(64)31-39-40-32-60(4,28-27-59(40,3)29-30-62(39,63)6)57(72)75-35-38-21-15-10-16-22-38)61(42,5)25-24-43(58)76-56-51(47(68)46(67)50(78-56)54(71)74-34-37-19-13-9-14-20-37)79-55-48(69)44(65)45(66)49(77-55)53(70)73-33-36-17-11-8-12-18-36/h8-22,31,40,42-52,55-56,65-69H,23-30,32-35H2,1-7H3/t40?,42?,43?,44-,45-,46-,47-,48+,49-,50-,51+,52?,55-,56+,59+,60-,61-,62+,63+/m0/s1. The Bertz CT molecular complexity index is 2740. The van der Waals surface area contributed by atoms with Crippen LogP contribution >= 0.6 is 0 Å². The number of aliphatic hydroxyl groups is 5. The molecule has 0 spiro atoms. The fourth-order valence-corrected chi connectivity index (χ4v) is 15.9. The number of rotatable bonds is 13. The van der Waals surface area contributed by atoms with Crippen LogP contribution in [0.25, 0.3) is 0 Å². The van der Waals surface area contributed by atoms with E-state index in [0.29, 0.717) is 30.4 Å². The van der Waals surface area contributed by atoms with E-state index >= 15 is 4.79 Å². The Hall–Kier alpha value is -4.88. The highest BCUT2D eigenvalue weighted by atomic mass is 16.8. The Morgan fingerprint density at radius 3 is 1.66 bits per heavy atom. The lowest BCUT2D eigenvalue weighted by Gasteiger charge is -2.70. The number of ketones is 1. The zero-order valence-corrected chi connectivity index (χ0v) is 46.5. The Labute approximate surface area is 463 Å². The molecule has 10 rings (SSSR count). The molecule has 3 aromatic carbocycles. The summed E-state index contributed by atoms with van der Waals surface area (Å²) in [5.41, 5.74) is 0.683. The molecule has 5 aliphatic carbocycles. The molecular weight excluding hydrogens is 1010 g/mol. The second-order valence-electron chi connectivity index (χ2n) is 25.9. The minimum absolute atomic E-state index is 0.0221. The number of carbonyl (C=O) groups is 4. The summed E-state index contributed by atoms with van der Waals surface area (Å²) in [5, 5.41) is 56.9. The zero-order valence-electron chi connectivity index (χ0n) is 46.5. The van der Waals surface area contributed by atoms with Crippen LogP contribution in [0.5, 0.6) is 0 Å². The number of esters is 3. The second kappa shape index (κ2) is 21.8. The summed E-state index contributed by atoms with van der Waals surface area (Å²) in [6.07, 6.45) is -10.8. The van der Waals surface area contributed by atoms with Gasteiger partial charge in [-0.1, -0.05) is 138 Å². The lowest BCUT2D eigenvalue weighted by atomic mass is 9.33. The van der Waals surface area contributed by atoms with Gasteiger partial charge in [0.2, 0.25) is 0 Å². The van der Waals surface area contributed by atoms with Gasteiger partial charge in [0.05, 0.1) is 11.5 Å². The Morgan fingerprint density at radius 2 is 1.09 bits per heavy atom. The van der Waals surface area contributed by atoms with Crippen LogP contribution in [0.4, 0.5) is 0 Å². The van der Waals surface area contributed by atoms with Gasteiger partial charge >= 0.3 is 17.9 Å². The van der Waals surface area contributed by atoms with Gasteiger partial charge in [0, 0.05) is 5.92 Å². The molecule has 3 aromatic rings. The second-order valence-corrected chi connectivity index (χ2v) is 25.9. The van der Waals surface area contributed by atoms with Crippen molar-refractivity contribution in [2.75, 3.05) is 0 Å². The summed E-state index contributed by atoms with van der Waals surface area (Å²) < 4.78 is 42.3. The first-order valence-electron chi connectivity index (χ1n) is 28.3. The lowest BCUT2D eigenvalue weighted by Crippen LogP contribution is -2.68. The molecule has 2 heterocycles. The van der Waals surface area contributed by atoms with Crippen molar-refractivity contribution in [2.24, 2.45) is 50.2 Å². The van der Waals surface area contributed by atoms with E-state index in [4.69, 9.17) is 33.2 Å². The minimum atomic E-state index is -1.99. The van der Waals surface area contributed by atoms with Crippen LogP contribution in [0.1, 0.15) is 123 Å². The normalized spacial score (nSPS) is 41.5. The Balaban J connectivity index is 0.901. The molecule has 0 aromatic heterocycles. The Kier molecular flexibility index (Phi) is 15.8. The first-order valence-corrected chi connectivity index (χ1v) is 28.3. The molecule has 19 atom stereocenters. The van der Waals surface area contributed by atoms with Crippen molar-refractivity contribution in [2.45, 2.75) is 194 Å². The highest BCUT2D eigenvalue weighted by Crippen LogP contribution is 2.75. The van der Waals surface area contributed by atoms with Gasteiger partial charge in [0.25, 0.3) is 0 Å². The summed E-state index contributed by atoms with van der Waals surface area (Å²) in [7, 11) is 0. The molecule has 16 nitrogen and oxygen atoms in total. The largest absolute Gasteiger partial charge is 0.460 e. The fourth-order valence-electron chi connectivity index (χ4n) is 15.9. The van der Waals surface area contributed by atoms with Crippen LogP contribution in [0, 0.1) is 50.2 Å². The predicted molar refractivity (Wildman–Crippen MR) is 285 cm³/mol. The first-order chi connectivity index (χ1) is 37.4. The van der Waals surface area contributed by atoms with Crippen molar-refractivity contribution in [1.82, 2.24) is 0 Å². The van der Waals surface area contributed by atoms with E-state index in [1.807, 2.05) is 49.4 Å². The van der Waals surface area contributed by atoms with Crippen molar-refractivity contribution in [1.29, 1.82) is 0 Å². The highest BCUT2D eigenvalue weighted by molar-refractivity contribution is 5.95. The van der Waals surface area contributed by atoms with Crippen LogP contribution in [0.2, 0.25) is 0 Å². The number of fused-ring (bicyclic) bond motifs is 7. The molecule has 2 saturated heterocycles. The van der Waals surface area contributed by atoms with Crippen molar-refractivity contribution in [3.8, 4) is 0 Å². The number of aliphatic hydroxyl groups excluding tert-OH is 5. The molecule has 4 saturated carbocycles. The maximum Gasteiger partial charge on any atom is 0.338 e. The fraction of sp³-hybridized carbons (Fsp3) is 0.619. The van der Waals surface area contributed by atoms with Gasteiger partial charge in [0.15, 0.2) is 30.6 Å². The minimum Gasteiger partial charge on any atom is -0.460 e. The third-order valence-corrected chi connectivity index (χ3v) is 20.8. The molecule has 2 aliphatic heterocycles. The molecule has 0 amide bonds. The van der Waals surface area contributed by atoms with E-state index < -0.39 is 101 Å². The van der Waals surface area contributed by atoms with Crippen LogP contribution in [0.3, 0.4) is 0 Å². The van der Waals surface area contributed by atoms with Crippen molar-refractivity contribution >= 4 is 23.7 Å². The number of allylic oxidation sites excluding steroid dienone is 2. The molecule has 4 unspecified atom stereocenters. The summed E-state index contributed by atoms with van der Waals surface area (Å²) in [6.45, 7) is 15.4.